The van der Waals surface area contributed by atoms with Gasteiger partial charge < -0.3 is 19.7 Å². The molecular weight excluding hydrogens is 328 g/mol. The summed E-state index contributed by atoms with van der Waals surface area (Å²) in [4.78, 5) is 13.4. The molecule has 0 aromatic heterocycles. The SMILES string of the molecule is CC(C)c1ccc(C[NH+](C)CC(=O)NCc2ccc3c(c2)OCO3)cc1. The zero-order valence-corrected chi connectivity index (χ0v) is 15.7. The van der Waals surface area contributed by atoms with Gasteiger partial charge in [0.1, 0.15) is 6.54 Å². The fraction of sp³-hybridized carbons (Fsp3) is 0.381. The Morgan fingerprint density at radius 1 is 1.08 bits per heavy atom. The number of likely N-dealkylation sites (N-methyl/N-ethyl adjacent to an activating group) is 1. The molecule has 26 heavy (non-hydrogen) atoms. The number of quaternary nitrogens is 1. The van der Waals surface area contributed by atoms with Crippen LogP contribution >= 0.6 is 0 Å². The lowest BCUT2D eigenvalue weighted by atomic mass is 10.0. The van der Waals surface area contributed by atoms with Gasteiger partial charge in [0.25, 0.3) is 5.91 Å². The Kier molecular flexibility index (Phi) is 5.78. The van der Waals surface area contributed by atoms with Gasteiger partial charge in [0.15, 0.2) is 18.0 Å². The number of hydrogen-bond acceptors (Lipinski definition) is 3. The molecule has 0 saturated heterocycles. The van der Waals surface area contributed by atoms with Crippen LogP contribution in [0.5, 0.6) is 11.5 Å². The van der Waals surface area contributed by atoms with Crippen molar-refractivity contribution in [1.29, 1.82) is 0 Å². The molecule has 3 rings (SSSR count). The Labute approximate surface area is 154 Å². The van der Waals surface area contributed by atoms with E-state index in [1.807, 2.05) is 25.2 Å². The topological polar surface area (TPSA) is 52.0 Å². The fourth-order valence-electron chi connectivity index (χ4n) is 3.02. The zero-order valence-electron chi connectivity index (χ0n) is 15.7. The second-order valence-corrected chi connectivity index (χ2v) is 7.17. The van der Waals surface area contributed by atoms with Gasteiger partial charge in [-0.2, -0.15) is 0 Å². The predicted molar refractivity (Wildman–Crippen MR) is 100 cm³/mol. The lowest BCUT2D eigenvalue weighted by Crippen LogP contribution is -3.08. The second kappa shape index (κ2) is 8.23. The summed E-state index contributed by atoms with van der Waals surface area (Å²) in [6.07, 6.45) is 0. The molecule has 0 saturated carbocycles. The van der Waals surface area contributed by atoms with Gasteiger partial charge in [0.2, 0.25) is 6.79 Å². The number of hydrogen-bond donors (Lipinski definition) is 2. The zero-order chi connectivity index (χ0) is 18.5. The van der Waals surface area contributed by atoms with E-state index in [-0.39, 0.29) is 12.7 Å². The van der Waals surface area contributed by atoms with Gasteiger partial charge in [0.05, 0.1) is 7.05 Å². The van der Waals surface area contributed by atoms with Crippen molar-refractivity contribution in [3.8, 4) is 11.5 Å². The molecule has 5 heteroatoms. The molecule has 1 unspecified atom stereocenters. The molecule has 0 aliphatic carbocycles. The first kappa shape index (κ1) is 18.3. The van der Waals surface area contributed by atoms with E-state index in [0.717, 1.165) is 28.5 Å². The molecule has 0 bridgehead atoms. The molecule has 5 nitrogen and oxygen atoms in total. The maximum Gasteiger partial charge on any atom is 0.275 e. The summed E-state index contributed by atoms with van der Waals surface area (Å²) in [5, 5.41) is 2.97. The number of carbonyl (C=O) groups is 1. The average molecular weight is 355 g/mol. The van der Waals surface area contributed by atoms with Crippen molar-refractivity contribution in [3.05, 3.63) is 59.2 Å². The summed E-state index contributed by atoms with van der Waals surface area (Å²) in [6.45, 7) is 6.41. The molecule has 1 aliphatic rings. The molecule has 2 aromatic carbocycles. The minimum atomic E-state index is 0.0407. The maximum absolute atomic E-state index is 12.2. The van der Waals surface area contributed by atoms with Crippen LogP contribution in [0.1, 0.15) is 36.5 Å². The average Bonchev–Trinajstić information content (AvgIpc) is 3.08. The van der Waals surface area contributed by atoms with Crippen LogP contribution in [0.15, 0.2) is 42.5 Å². The Balaban J connectivity index is 1.45. The molecule has 0 spiro atoms. The van der Waals surface area contributed by atoms with Gasteiger partial charge in [0, 0.05) is 12.1 Å². The number of amides is 1. The van der Waals surface area contributed by atoms with Crippen LogP contribution in [0.4, 0.5) is 0 Å². The van der Waals surface area contributed by atoms with E-state index < -0.39 is 0 Å². The summed E-state index contributed by atoms with van der Waals surface area (Å²) in [5.41, 5.74) is 3.59. The molecule has 2 N–H and O–H groups in total. The van der Waals surface area contributed by atoms with Crippen molar-refractivity contribution in [3.63, 3.8) is 0 Å². The third kappa shape index (κ3) is 4.76. The van der Waals surface area contributed by atoms with Crippen LogP contribution in [0.2, 0.25) is 0 Å². The molecule has 1 amide bonds. The van der Waals surface area contributed by atoms with Crippen LogP contribution < -0.4 is 19.7 Å². The summed E-state index contributed by atoms with van der Waals surface area (Å²) >= 11 is 0. The van der Waals surface area contributed by atoms with Crippen molar-refractivity contribution in [2.45, 2.75) is 32.9 Å². The second-order valence-electron chi connectivity index (χ2n) is 7.17. The first-order valence-corrected chi connectivity index (χ1v) is 9.06. The quantitative estimate of drug-likeness (QED) is 0.797. The van der Waals surface area contributed by atoms with Crippen LogP contribution in [0, 0.1) is 0 Å². The first-order chi connectivity index (χ1) is 12.5. The molecule has 138 valence electrons. The van der Waals surface area contributed by atoms with Gasteiger partial charge in [-0.05, 0) is 29.2 Å². The Morgan fingerprint density at radius 2 is 1.77 bits per heavy atom. The minimum absolute atomic E-state index is 0.0407. The minimum Gasteiger partial charge on any atom is -0.454 e. The molecule has 0 fully saturated rings. The van der Waals surface area contributed by atoms with Gasteiger partial charge in [-0.15, -0.1) is 0 Å². The number of carbonyl (C=O) groups excluding carboxylic acids is 1. The fourth-order valence-corrected chi connectivity index (χ4v) is 3.02. The van der Waals surface area contributed by atoms with Gasteiger partial charge in [-0.3, -0.25) is 4.79 Å². The standard InChI is InChI=1S/C21H26N2O3/c1-15(2)18-7-4-16(5-8-18)12-23(3)13-21(24)22-11-17-6-9-19-20(10-17)26-14-25-19/h4-10,15H,11-14H2,1-3H3,(H,22,24)/p+1. The summed E-state index contributed by atoms with van der Waals surface area (Å²) in [6, 6.07) is 14.4. The number of benzene rings is 2. The Hall–Kier alpha value is -2.53. The summed E-state index contributed by atoms with van der Waals surface area (Å²) in [5.74, 6) is 2.08. The molecule has 2 aromatic rings. The van der Waals surface area contributed by atoms with Crippen LogP contribution in [-0.4, -0.2) is 26.3 Å². The van der Waals surface area contributed by atoms with Crippen LogP contribution in [0.25, 0.3) is 0 Å². The molecule has 1 heterocycles. The third-order valence-electron chi connectivity index (χ3n) is 4.54. The van der Waals surface area contributed by atoms with Crippen molar-refractivity contribution in [1.82, 2.24) is 5.32 Å². The smallest absolute Gasteiger partial charge is 0.275 e. The lowest BCUT2D eigenvalue weighted by molar-refractivity contribution is -0.885. The number of nitrogens with one attached hydrogen (secondary N) is 2. The Bertz CT molecular complexity index is 756. The molecule has 1 aliphatic heterocycles. The highest BCUT2D eigenvalue weighted by molar-refractivity contribution is 5.76. The summed E-state index contributed by atoms with van der Waals surface area (Å²) in [7, 11) is 2.04. The van der Waals surface area contributed by atoms with E-state index in [1.54, 1.807) is 0 Å². The van der Waals surface area contributed by atoms with Crippen molar-refractivity contribution in [2.75, 3.05) is 20.4 Å². The van der Waals surface area contributed by atoms with Crippen LogP contribution in [-0.2, 0) is 17.9 Å². The van der Waals surface area contributed by atoms with Gasteiger partial charge >= 0.3 is 0 Å². The van der Waals surface area contributed by atoms with Gasteiger partial charge in [-0.1, -0.05) is 44.2 Å². The predicted octanol–water partition coefficient (Wildman–Crippen LogP) is 1.87. The lowest BCUT2D eigenvalue weighted by Gasteiger charge is -2.15. The van der Waals surface area contributed by atoms with E-state index in [2.05, 4.69) is 43.4 Å². The van der Waals surface area contributed by atoms with Crippen molar-refractivity contribution in [2.24, 2.45) is 0 Å². The van der Waals surface area contributed by atoms with E-state index in [9.17, 15) is 4.79 Å². The van der Waals surface area contributed by atoms with Gasteiger partial charge in [-0.25, -0.2) is 0 Å². The van der Waals surface area contributed by atoms with E-state index in [1.165, 1.54) is 11.1 Å². The molecule has 1 atom stereocenters. The van der Waals surface area contributed by atoms with Crippen molar-refractivity contribution < 1.29 is 19.2 Å². The maximum atomic E-state index is 12.2. The van der Waals surface area contributed by atoms with E-state index in [0.29, 0.717) is 19.0 Å². The molecular formula is C21H27N2O3+. The first-order valence-electron chi connectivity index (χ1n) is 9.06. The number of rotatable bonds is 7. The number of fused-ring (bicyclic) bond motifs is 1. The highest BCUT2D eigenvalue weighted by Crippen LogP contribution is 2.32. The monoisotopic (exact) mass is 355 g/mol. The highest BCUT2D eigenvalue weighted by Gasteiger charge is 2.14. The molecule has 0 radical (unpaired) electrons. The van der Waals surface area contributed by atoms with Crippen molar-refractivity contribution >= 4 is 5.91 Å². The Morgan fingerprint density at radius 3 is 2.50 bits per heavy atom. The highest BCUT2D eigenvalue weighted by atomic mass is 16.7. The normalized spacial score (nSPS) is 13.7. The van der Waals surface area contributed by atoms with E-state index >= 15 is 0 Å². The largest absolute Gasteiger partial charge is 0.454 e. The van der Waals surface area contributed by atoms with E-state index in [4.69, 9.17) is 9.47 Å². The number of ether oxygens (including phenoxy) is 2. The van der Waals surface area contributed by atoms with Crippen LogP contribution in [0.3, 0.4) is 0 Å². The summed E-state index contributed by atoms with van der Waals surface area (Å²) < 4.78 is 10.7. The third-order valence-corrected chi connectivity index (χ3v) is 4.54.